The minimum absolute atomic E-state index is 0. The Hall–Kier alpha value is -0.900. The van der Waals surface area contributed by atoms with E-state index in [4.69, 9.17) is 11.2 Å². The molecule has 0 saturated heterocycles. The Labute approximate surface area is 194 Å². The maximum Gasteiger partial charge on any atom is 0.481 e. The lowest BCUT2D eigenvalue weighted by molar-refractivity contribution is 0.191. The first-order valence-electron chi connectivity index (χ1n) is 10.1. The number of hydrogen-bond acceptors (Lipinski definition) is 7. The van der Waals surface area contributed by atoms with Crippen LogP contribution in [0.4, 0.5) is 0 Å². The lowest BCUT2D eigenvalue weighted by atomic mass is 10.0. The van der Waals surface area contributed by atoms with Crippen LogP contribution < -0.4 is 18.5 Å². The van der Waals surface area contributed by atoms with Crippen LogP contribution in [0.15, 0.2) is 47.1 Å². The van der Waals surface area contributed by atoms with E-state index in [9.17, 15) is 14.0 Å². The third-order valence-corrected chi connectivity index (χ3v) is 6.01. The first-order chi connectivity index (χ1) is 13.7. The summed E-state index contributed by atoms with van der Waals surface area (Å²) >= 11 is 0. The second-order valence-electron chi connectivity index (χ2n) is 7.26. The number of rotatable bonds is 14. The number of hydrogen-bond donors (Lipinski definition) is 6. The molecule has 12 N–H and O–H groups in total. The molecule has 0 heterocycles. The topological polar surface area (TPSA) is 218 Å². The minimum Gasteiger partial charge on any atom is -0.344 e. The van der Waals surface area contributed by atoms with Crippen molar-refractivity contribution in [3.63, 3.8) is 0 Å². The second-order valence-corrected chi connectivity index (χ2v) is 10.1. The fourth-order valence-electron chi connectivity index (χ4n) is 2.27. The van der Waals surface area contributed by atoms with Crippen molar-refractivity contribution in [3.8, 4) is 0 Å². The standard InChI is InChI=1S/C20H36O7P2.3H3N/c1-17(2)9-6-10-18(3)11-7-12-19(4)13-8-14-20(5)15-16-26-29(24,25)27-28(21,22)23;;;/h8-9,11,13,15,19H,6-7,10,12,14,16H2,1-5H3,(H,24,25)(H2,21,22,23);3*1H3/b13-8+,18-11+,20-15+;;;/i14D;;;/t14-,19?;;;/m1.../s1. The van der Waals surface area contributed by atoms with E-state index in [-0.39, 0.29) is 18.5 Å². The van der Waals surface area contributed by atoms with Gasteiger partial charge >= 0.3 is 15.6 Å². The van der Waals surface area contributed by atoms with Crippen molar-refractivity contribution in [3.05, 3.63) is 47.1 Å². The van der Waals surface area contributed by atoms with Crippen LogP contribution in [0.5, 0.6) is 0 Å². The molecule has 192 valence electrons. The zero-order valence-corrected chi connectivity index (χ0v) is 21.9. The molecule has 0 rings (SSSR count). The molecule has 2 unspecified atom stereocenters. The Morgan fingerprint density at radius 2 is 1.56 bits per heavy atom. The van der Waals surface area contributed by atoms with E-state index in [0.717, 1.165) is 25.7 Å². The van der Waals surface area contributed by atoms with Gasteiger partial charge in [0.25, 0.3) is 0 Å². The van der Waals surface area contributed by atoms with Crippen molar-refractivity contribution >= 4 is 15.6 Å². The molecule has 3 atom stereocenters. The summed E-state index contributed by atoms with van der Waals surface area (Å²) in [6, 6.07) is 0. The van der Waals surface area contributed by atoms with Gasteiger partial charge in [-0.25, -0.2) is 9.13 Å². The van der Waals surface area contributed by atoms with Crippen LogP contribution in [0, 0.1) is 5.92 Å². The number of phosphoric acid groups is 2. The van der Waals surface area contributed by atoms with Crippen molar-refractivity contribution in [1.29, 1.82) is 0 Å². The van der Waals surface area contributed by atoms with Crippen molar-refractivity contribution in [2.45, 2.75) is 66.7 Å². The third-order valence-electron chi connectivity index (χ3n) is 3.86. The molecule has 0 fully saturated rings. The quantitative estimate of drug-likeness (QED) is 0.109. The first-order valence-corrected chi connectivity index (χ1v) is 12.5. The number of allylic oxidation sites excluding steroid dienone is 7. The predicted octanol–water partition coefficient (Wildman–Crippen LogP) is 6.70. The highest BCUT2D eigenvalue weighted by Gasteiger charge is 2.31. The summed E-state index contributed by atoms with van der Waals surface area (Å²) in [5.74, 6) is 0.304. The highest BCUT2D eigenvalue weighted by molar-refractivity contribution is 7.60. The molecule has 0 aromatic heterocycles. The molecule has 0 radical (unpaired) electrons. The van der Waals surface area contributed by atoms with Gasteiger partial charge in [0, 0.05) is 1.37 Å². The maximum absolute atomic E-state index is 11.4. The average molecular weight is 503 g/mol. The fourth-order valence-corrected chi connectivity index (χ4v) is 3.79. The van der Waals surface area contributed by atoms with Crippen molar-refractivity contribution in [2.75, 3.05) is 6.61 Å². The molecular weight excluding hydrogens is 456 g/mol. The van der Waals surface area contributed by atoms with Gasteiger partial charge in [-0.3, -0.25) is 4.52 Å². The summed E-state index contributed by atoms with van der Waals surface area (Å²) in [5, 5.41) is 0. The molecule has 0 aliphatic rings. The van der Waals surface area contributed by atoms with Crippen LogP contribution in [0.3, 0.4) is 0 Å². The van der Waals surface area contributed by atoms with Crippen LogP contribution in [0.25, 0.3) is 0 Å². The molecule has 10 nitrogen and oxygen atoms in total. The Kier molecular flexibility index (Phi) is 21.8. The molecule has 12 heteroatoms. The summed E-state index contributed by atoms with van der Waals surface area (Å²) in [4.78, 5) is 26.3. The predicted molar refractivity (Wildman–Crippen MR) is 132 cm³/mol. The van der Waals surface area contributed by atoms with Crippen LogP contribution in [0.2, 0.25) is 0 Å². The van der Waals surface area contributed by atoms with Gasteiger partial charge < -0.3 is 33.1 Å². The average Bonchev–Trinajstić information content (AvgIpc) is 2.56. The minimum atomic E-state index is -5.13. The highest BCUT2D eigenvalue weighted by atomic mass is 31.3. The molecular formula is C20H45N3O7P2. The molecule has 0 aliphatic heterocycles. The van der Waals surface area contributed by atoms with Gasteiger partial charge in [0.05, 0.1) is 6.61 Å². The lowest BCUT2D eigenvalue weighted by Crippen LogP contribution is -1.94. The SMILES string of the molecule is N.N.N.[2H][C@H](/C=C/C(C)CC/C=C(\C)CCC=C(C)C)/C(C)=C/COP(=O)(O)OP(=O)(O)O. The summed E-state index contributed by atoms with van der Waals surface area (Å²) in [6.07, 6.45) is 13.0. The monoisotopic (exact) mass is 502 g/mol. The Morgan fingerprint density at radius 1 is 0.969 bits per heavy atom. The Bertz CT molecular complexity index is 748. The summed E-state index contributed by atoms with van der Waals surface area (Å²) < 4.78 is 38.2. The Morgan fingerprint density at radius 3 is 2.09 bits per heavy atom. The Balaban J connectivity index is -0.00000140. The number of phosphoric ester groups is 1. The van der Waals surface area contributed by atoms with Gasteiger partial charge in [0.2, 0.25) is 0 Å². The molecule has 0 aromatic carbocycles. The van der Waals surface area contributed by atoms with Gasteiger partial charge in [-0.2, -0.15) is 4.31 Å². The second kappa shape index (κ2) is 19.6. The van der Waals surface area contributed by atoms with Crippen molar-refractivity contribution in [2.24, 2.45) is 5.92 Å². The normalized spacial score (nSPS) is 16.6. The van der Waals surface area contributed by atoms with Crippen molar-refractivity contribution < 1.29 is 34.0 Å². The molecule has 0 aliphatic carbocycles. The summed E-state index contributed by atoms with van der Waals surface area (Å²) in [7, 11) is -9.99. The van der Waals surface area contributed by atoms with E-state index in [0.29, 0.717) is 11.5 Å². The van der Waals surface area contributed by atoms with E-state index in [2.05, 4.69) is 48.7 Å². The van der Waals surface area contributed by atoms with Crippen LogP contribution in [0.1, 0.15) is 68.1 Å². The largest absolute Gasteiger partial charge is 0.481 e. The molecule has 0 spiro atoms. The van der Waals surface area contributed by atoms with Gasteiger partial charge in [-0.05, 0) is 65.7 Å². The zero-order chi connectivity index (χ0) is 23.4. The summed E-state index contributed by atoms with van der Waals surface area (Å²) in [5.41, 5.74) is 3.29. The van der Waals surface area contributed by atoms with E-state index >= 15 is 0 Å². The zero-order valence-electron chi connectivity index (χ0n) is 21.1. The van der Waals surface area contributed by atoms with Crippen LogP contribution in [-0.4, -0.2) is 21.3 Å². The van der Waals surface area contributed by atoms with E-state index in [1.807, 2.05) is 6.08 Å². The maximum atomic E-state index is 11.4. The van der Waals surface area contributed by atoms with Crippen molar-refractivity contribution in [1.82, 2.24) is 18.5 Å². The van der Waals surface area contributed by atoms with E-state index < -0.39 is 28.6 Å². The van der Waals surface area contributed by atoms with E-state index in [1.165, 1.54) is 17.2 Å². The van der Waals surface area contributed by atoms with Gasteiger partial charge in [-0.15, -0.1) is 0 Å². The van der Waals surface area contributed by atoms with Crippen LogP contribution >= 0.6 is 15.6 Å². The summed E-state index contributed by atoms with van der Waals surface area (Å²) in [6.45, 7) is 9.69. The van der Waals surface area contributed by atoms with Gasteiger partial charge in [-0.1, -0.05) is 54.0 Å². The molecule has 0 saturated carbocycles. The lowest BCUT2D eigenvalue weighted by Gasteiger charge is -2.11. The fraction of sp³-hybridized carbons (Fsp3) is 0.600. The van der Waals surface area contributed by atoms with Crippen LogP contribution in [-0.2, 0) is 18.0 Å². The molecule has 0 aromatic rings. The van der Waals surface area contributed by atoms with Gasteiger partial charge in [0.1, 0.15) is 0 Å². The molecule has 0 amide bonds. The molecule has 0 bridgehead atoms. The third kappa shape index (κ3) is 25.4. The highest BCUT2D eigenvalue weighted by Crippen LogP contribution is 2.57. The van der Waals surface area contributed by atoms with Gasteiger partial charge in [0.15, 0.2) is 0 Å². The molecule has 32 heavy (non-hydrogen) atoms. The van der Waals surface area contributed by atoms with E-state index in [1.54, 1.807) is 13.0 Å². The first kappa shape index (κ1) is 35.7. The smallest absolute Gasteiger partial charge is 0.344 e.